The molecule has 0 aliphatic heterocycles. The van der Waals surface area contributed by atoms with Gasteiger partial charge in [0.1, 0.15) is 17.3 Å². The number of ether oxygens (including phenoxy) is 2. The van der Waals surface area contributed by atoms with E-state index in [0.29, 0.717) is 42.7 Å². The first-order chi connectivity index (χ1) is 19.6. The molecule has 3 heterocycles. The van der Waals surface area contributed by atoms with Gasteiger partial charge in [-0.05, 0) is 61.9 Å². The lowest BCUT2D eigenvalue weighted by Crippen LogP contribution is -2.04. The number of nitrogens with zero attached hydrogens (tertiary/aromatic N) is 3. The van der Waals surface area contributed by atoms with Crippen LogP contribution in [-0.4, -0.2) is 40.2 Å². The number of benzene rings is 2. The van der Waals surface area contributed by atoms with Gasteiger partial charge in [-0.1, -0.05) is 18.2 Å². The fourth-order valence-electron chi connectivity index (χ4n) is 4.34. The van der Waals surface area contributed by atoms with E-state index in [0.717, 1.165) is 46.8 Å². The molecule has 206 valence electrons. The van der Waals surface area contributed by atoms with Gasteiger partial charge < -0.3 is 25.5 Å². The van der Waals surface area contributed by atoms with E-state index in [1.807, 2.05) is 42.5 Å². The van der Waals surface area contributed by atoms with E-state index in [9.17, 15) is 8.78 Å². The molecule has 8 nitrogen and oxygen atoms in total. The molecule has 5 aromatic rings. The number of unbranched alkanes of at least 4 members (excludes halogenated alkanes) is 1. The molecule has 10 heteroatoms. The van der Waals surface area contributed by atoms with Crippen LogP contribution in [0.1, 0.15) is 24.4 Å². The van der Waals surface area contributed by atoms with E-state index in [1.54, 1.807) is 13.3 Å². The van der Waals surface area contributed by atoms with Crippen molar-refractivity contribution in [2.75, 3.05) is 25.6 Å². The third-order valence-electron chi connectivity index (χ3n) is 6.30. The van der Waals surface area contributed by atoms with Gasteiger partial charge in [0.05, 0.1) is 54.2 Å². The molecule has 0 fully saturated rings. The van der Waals surface area contributed by atoms with Crippen molar-refractivity contribution in [2.24, 2.45) is 5.73 Å². The molecule has 0 amide bonds. The number of hydrogen-bond acceptors (Lipinski definition) is 7. The number of methoxy groups -OCH3 is 1. The van der Waals surface area contributed by atoms with Crippen molar-refractivity contribution in [1.82, 2.24) is 19.9 Å². The number of nitrogens with two attached hydrogens (primary N) is 1. The second kappa shape index (κ2) is 12.6. The highest BCUT2D eigenvalue weighted by Crippen LogP contribution is 2.32. The first kappa shape index (κ1) is 27.2. The second-order valence-electron chi connectivity index (χ2n) is 9.23. The number of pyridine rings is 2. The van der Waals surface area contributed by atoms with Crippen LogP contribution in [0.15, 0.2) is 66.9 Å². The van der Waals surface area contributed by atoms with E-state index in [-0.39, 0.29) is 12.2 Å². The van der Waals surface area contributed by atoms with Crippen LogP contribution in [0, 0.1) is 11.6 Å². The van der Waals surface area contributed by atoms with Crippen molar-refractivity contribution in [3.05, 3.63) is 90.0 Å². The van der Waals surface area contributed by atoms with Crippen molar-refractivity contribution in [3.63, 3.8) is 0 Å². The quantitative estimate of drug-likeness (QED) is 0.169. The summed E-state index contributed by atoms with van der Waals surface area (Å²) < 4.78 is 39.0. The van der Waals surface area contributed by atoms with Crippen molar-refractivity contribution >= 4 is 16.6 Å². The summed E-state index contributed by atoms with van der Waals surface area (Å²) >= 11 is 0. The van der Waals surface area contributed by atoms with Crippen LogP contribution in [0.2, 0.25) is 0 Å². The Morgan fingerprint density at radius 2 is 1.88 bits per heavy atom. The maximum Gasteiger partial charge on any atom is 0.181 e. The number of fused-ring (bicyclic) bond motifs is 1. The Kier molecular flexibility index (Phi) is 8.58. The van der Waals surface area contributed by atoms with Crippen molar-refractivity contribution in [3.8, 4) is 28.4 Å². The van der Waals surface area contributed by atoms with Crippen molar-refractivity contribution in [1.29, 1.82) is 0 Å². The van der Waals surface area contributed by atoms with Gasteiger partial charge in [0.25, 0.3) is 0 Å². The van der Waals surface area contributed by atoms with E-state index < -0.39 is 11.6 Å². The summed E-state index contributed by atoms with van der Waals surface area (Å²) in [5, 5.41) is 3.83. The first-order valence-electron chi connectivity index (χ1n) is 13.0. The maximum atomic E-state index is 14.2. The van der Waals surface area contributed by atoms with E-state index >= 15 is 0 Å². The molecule has 4 N–H and O–H groups in total. The molecule has 0 aliphatic rings. The Hall–Kier alpha value is -4.41. The molecule has 0 unspecified atom stereocenters. The van der Waals surface area contributed by atoms with Gasteiger partial charge in [0.15, 0.2) is 11.6 Å². The Morgan fingerprint density at radius 1 is 1.00 bits per heavy atom. The number of halogens is 2. The number of imidazole rings is 1. The van der Waals surface area contributed by atoms with E-state index in [2.05, 4.69) is 15.3 Å². The predicted molar refractivity (Wildman–Crippen MR) is 151 cm³/mol. The maximum absolute atomic E-state index is 14.2. The number of H-pyrrole nitrogens is 1. The number of anilines is 1. The number of aromatic amines is 1. The van der Waals surface area contributed by atoms with Crippen LogP contribution in [-0.2, 0) is 17.9 Å². The highest BCUT2D eigenvalue weighted by atomic mass is 19.2. The molecule has 5 rings (SSSR count). The fourth-order valence-corrected chi connectivity index (χ4v) is 4.34. The first-order valence-corrected chi connectivity index (χ1v) is 13.0. The van der Waals surface area contributed by atoms with Crippen LogP contribution in [0.25, 0.3) is 33.5 Å². The standard InChI is InChI=1S/C30H30F2N6O2/c1-39-18-21-6-4-9-26(36-21)30-29(37-27(38-30)17-35-25-8-5-7-23(31)28(25)32)19-10-11-24-20(14-19)15-22(16-34-24)40-13-3-2-12-33/h4-11,14-16,35H,2-3,12-13,17-18,33H2,1H3,(H,37,38). The molecule has 0 atom stereocenters. The third kappa shape index (κ3) is 6.24. The van der Waals surface area contributed by atoms with Gasteiger partial charge >= 0.3 is 0 Å². The molecule has 0 bridgehead atoms. The predicted octanol–water partition coefficient (Wildman–Crippen LogP) is 5.84. The van der Waals surface area contributed by atoms with Gasteiger partial charge in [-0.25, -0.2) is 18.7 Å². The number of aromatic nitrogens is 4. The molecule has 40 heavy (non-hydrogen) atoms. The molecule has 0 radical (unpaired) electrons. The summed E-state index contributed by atoms with van der Waals surface area (Å²) in [7, 11) is 1.61. The largest absolute Gasteiger partial charge is 0.492 e. The number of nitrogens with one attached hydrogen (secondary N) is 2. The number of rotatable bonds is 12. The molecule has 2 aromatic carbocycles. The third-order valence-corrected chi connectivity index (χ3v) is 6.30. The molecular formula is C30H30F2N6O2. The topological polar surface area (TPSA) is 111 Å². The van der Waals surface area contributed by atoms with Crippen LogP contribution < -0.4 is 15.8 Å². The zero-order chi connectivity index (χ0) is 27.9. The molecular weight excluding hydrogens is 514 g/mol. The monoisotopic (exact) mass is 544 g/mol. The average molecular weight is 545 g/mol. The summed E-state index contributed by atoms with van der Waals surface area (Å²) in [6, 6.07) is 17.5. The molecule has 0 saturated carbocycles. The van der Waals surface area contributed by atoms with Crippen molar-refractivity contribution in [2.45, 2.75) is 26.0 Å². The summed E-state index contributed by atoms with van der Waals surface area (Å²) in [6.45, 7) is 1.70. The van der Waals surface area contributed by atoms with Crippen LogP contribution in [0.5, 0.6) is 5.75 Å². The summed E-state index contributed by atoms with van der Waals surface area (Å²) in [5.41, 5.74) is 10.1. The Balaban J connectivity index is 1.50. The summed E-state index contributed by atoms with van der Waals surface area (Å²) in [6.07, 6.45) is 3.49. The van der Waals surface area contributed by atoms with Gasteiger partial charge in [0, 0.05) is 18.1 Å². The SMILES string of the molecule is COCc1cccc(-c2nc(CNc3cccc(F)c3F)[nH]c2-c2ccc3ncc(OCCCCN)cc3c2)n1. The lowest BCUT2D eigenvalue weighted by molar-refractivity contribution is 0.181. The lowest BCUT2D eigenvalue weighted by atomic mass is 10.1. The summed E-state index contributed by atoms with van der Waals surface area (Å²) in [5.74, 6) is -0.644. The van der Waals surface area contributed by atoms with Crippen LogP contribution >= 0.6 is 0 Å². The van der Waals surface area contributed by atoms with E-state index in [4.69, 9.17) is 25.2 Å². The smallest absolute Gasteiger partial charge is 0.181 e. The average Bonchev–Trinajstić information content (AvgIpc) is 3.40. The molecule has 0 aliphatic carbocycles. The summed E-state index contributed by atoms with van der Waals surface area (Å²) in [4.78, 5) is 17.4. The zero-order valence-electron chi connectivity index (χ0n) is 22.1. The van der Waals surface area contributed by atoms with Gasteiger partial charge in [-0.2, -0.15) is 0 Å². The second-order valence-corrected chi connectivity index (χ2v) is 9.23. The minimum atomic E-state index is -0.938. The Bertz CT molecular complexity index is 1610. The minimum Gasteiger partial charge on any atom is -0.492 e. The van der Waals surface area contributed by atoms with E-state index in [1.165, 1.54) is 12.1 Å². The fraction of sp³-hybridized carbons (Fsp3) is 0.233. The number of hydrogen-bond donors (Lipinski definition) is 3. The van der Waals surface area contributed by atoms with Crippen molar-refractivity contribution < 1.29 is 18.3 Å². The molecule has 3 aromatic heterocycles. The van der Waals surface area contributed by atoms with Crippen LogP contribution in [0.3, 0.4) is 0 Å². The Labute approximate surface area is 230 Å². The van der Waals surface area contributed by atoms with Gasteiger partial charge in [-0.15, -0.1) is 0 Å². The van der Waals surface area contributed by atoms with Gasteiger partial charge in [0.2, 0.25) is 0 Å². The molecule has 0 spiro atoms. The normalized spacial score (nSPS) is 11.2. The highest BCUT2D eigenvalue weighted by Gasteiger charge is 2.17. The van der Waals surface area contributed by atoms with Crippen LogP contribution in [0.4, 0.5) is 14.5 Å². The van der Waals surface area contributed by atoms with Gasteiger partial charge in [-0.3, -0.25) is 4.98 Å². The minimum absolute atomic E-state index is 0.0514. The Morgan fingerprint density at radius 3 is 2.73 bits per heavy atom. The molecule has 0 saturated heterocycles. The lowest BCUT2D eigenvalue weighted by Gasteiger charge is -2.08. The zero-order valence-corrected chi connectivity index (χ0v) is 22.1. The highest BCUT2D eigenvalue weighted by molar-refractivity contribution is 5.87.